The number of hydrogen-bond donors (Lipinski definition) is 2. The van der Waals surface area contributed by atoms with Crippen LogP contribution in [0.5, 0.6) is 0 Å². The Labute approximate surface area is 78.5 Å². The molecule has 0 spiro atoms. The van der Waals surface area contributed by atoms with E-state index in [-0.39, 0.29) is 11.9 Å². The molecule has 0 aliphatic heterocycles. The molecule has 0 saturated heterocycles. The molecule has 4 heteroatoms. The van der Waals surface area contributed by atoms with Gasteiger partial charge in [0, 0.05) is 11.8 Å². The van der Waals surface area contributed by atoms with E-state index in [0.717, 1.165) is 5.75 Å². The quantitative estimate of drug-likeness (QED) is 0.682. The van der Waals surface area contributed by atoms with Gasteiger partial charge >= 0.3 is 0 Å². The van der Waals surface area contributed by atoms with Crippen molar-refractivity contribution in [1.29, 1.82) is 0 Å². The topological polar surface area (TPSA) is 55.1 Å². The predicted molar refractivity (Wildman–Crippen MR) is 54.3 cm³/mol. The second-order valence-corrected chi connectivity index (χ2v) is 4.46. The van der Waals surface area contributed by atoms with Gasteiger partial charge in [-0.15, -0.1) is 0 Å². The molecule has 1 amide bonds. The van der Waals surface area contributed by atoms with Crippen molar-refractivity contribution in [2.24, 2.45) is 5.73 Å². The first-order chi connectivity index (χ1) is 5.38. The lowest BCUT2D eigenvalue weighted by atomic mass is 10.1. The number of carbonyl (C=O) groups is 1. The highest BCUT2D eigenvalue weighted by Gasteiger charge is 2.22. The number of nitrogens with two attached hydrogens (primary N) is 1. The van der Waals surface area contributed by atoms with Crippen molar-refractivity contribution in [1.82, 2.24) is 5.32 Å². The van der Waals surface area contributed by atoms with Crippen molar-refractivity contribution in [2.75, 3.05) is 12.0 Å². The van der Waals surface area contributed by atoms with Crippen LogP contribution >= 0.6 is 11.8 Å². The Balaban J connectivity index is 3.85. The van der Waals surface area contributed by atoms with Crippen LogP contribution < -0.4 is 11.1 Å². The summed E-state index contributed by atoms with van der Waals surface area (Å²) < 4.78 is 0. The highest BCUT2D eigenvalue weighted by atomic mass is 32.2. The molecule has 0 aliphatic rings. The van der Waals surface area contributed by atoms with Gasteiger partial charge in [-0.3, -0.25) is 4.79 Å². The zero-order valence-corrected chi connectivity index (χ0v) is 8.99. The zero-order chi connectivity index (χ0) is 9.78. The number of thioether (sulfide) groups is 1. The van der Waals surface area contributed by atoms with Crippen LogP contribution in [0.25, 0.3) is 0 Å². The van der Waals surface area contributed by atoms with Gasteiger partial charge in [-0.1, -0.05) is 0 Å². The fourth-order valence-corrected chi connectivity index (χ4v) is 1.28. The summed E-state index contributed by atoms with van der Waals surface area (Å²) in [7, 11) is 0. The Morgan fingerprint density at radius 1 is 1.67 bits per heavy atom. The molecule has 0 aliphatic carbocycles. The maximum absolute atomic E-state index is 11.3. The smallest absolute Gasteiger partial charge is 0.239 e. The molecule has 3 N–H and O–H groups in total. The molecular formula is C8H18N2OS. The van der Waals surface area contributed by atoms with Crippen molar-refractivity contribution in [2.45, 2.75) is 32.4 Å². The third-order valence-corrected chi connectivity index (χ3v) is 2.21. The lowest BCUT2D eigenvalue weighted by molar-refractivity contribution is -0.125. The molecule has 0 fully saturated rings. The largest absolute Gasteiger partial charge is 0.351 e. The monoisotopic (exact) mass is 190 g/mol. The summed E-state index contributed by atoms with van der Waals surface area (Å²) in [4.78, 5) is 11.3. The zero-order valence-electron chi connectivity index (χ0n) is 8.18. The summed E-state index contributed by atoms with van der Waals surface area (Å²) in [6.07, 6.45) is 2.01. The normalized spacial score (nSPS) is 14.1. The highest BCUT2D eigenvalue weighted by molar-refractivity contribution is 7.98. The standard InChI is InChI=1S/C8H18N2OS/c1-6(5-12-4)10-7(11)8(2,3)9/h6H,5,9H2,1-4H3,(H,10,11). The summed E-state index contributed by atoms with van der Waals surface area (Å²) in [5.41, 5.74) is 4.83. The van der Waals surface area contributed by atoms with Gasteiger partial charge in [-0.2, -0.15) is 11.8 Å². The third-order valence-electron chi connectivity index (χ3n) is 1.38. The summed E-state index contributed by atoms with van der Waals surface area (Å²) >= 11 is 1.71. The van der Waals surface area contributed by atoms with E-state index in [2.05, 4.69) is 5.32 Å². The van der Waals surface area contributed by atoms with E-state index < -0.39 is 5.54 Å². The molecule has 1 atom stereocenters. The second kappa shape index (κ2) is 4.72. The number of nitrogens with one attached hydrogen (secondary N) is 1. The molecule has 0 aromatic heterocycles. The minimum absolute atomic E-state index is 0.0935. The van der Waals surface area contributed by atoms with E-state index in [1.807, 2.05) is 13.2 Å². The summed E-state index contributed by atoms with van der Waals surface area (Å²) in [5, 5.41) is 2.84. The average molecular weight is 190 g/mol. The summed E-state index contributed by atoms with van der Waals surface area (Å²) in [6, 6.07) is 0.190. The molecule has 0 heterocycles. The minimum atomic E-state index is -0.771. The number of hydrogen-bond acceptors (Lipinski definition) is 3. The molecular weight excluding hydrogens is 172 g/mol. The molecule has 0 bridgehead atoms. The number of rotatable bonds is 4. The Morgan fingerprint density at radius 3 is 2.50 bits per heavy atom. The van der Waals surface area contributed by atoms with Crippen molar-refractivity contribution in [3.05, 3.63) is 0 Å². The van der Waals surface area contributed by atoms with E-state index in [4.69, 9.17) is 5.73 Å². The Kier molecular flexibility index (Phi) is 4.63. The van der Waals surface area contributed by atoms with E-state index in [1.165, 1.54) is 0 Å². The fourth-order valence-electron chi connectivity index (χ4n) is 0.701. The van der Waals surface area contributed by atoms with Gasteiger partial charge in [0.05, 0.1) is 5.54 Å². The molecule has 0 radical (unpaired) electrons. The Morgan fingerprint density at radius 2 is 2.17 bits per heavy atom. The lowest BCUT2D eigenvalue weighted by Crippen LogP contribution is -2.52. The van der Waals surface area contributed by atoms with Crippen LogP contribution in [-0.4, -0.2) is 29.5 Å². The van der Waals surface area contributed by atoms with Crippen LogP contribution in [0, 0.1) is 0 Å². The van der Waals surface area contributed by atoms with Gasteiger partial charge in [0.2, 0.25) is 5.91 Å². The number of carbonyl (C=O) groups excluding carboxylic acids is 1. The lowest BCUT2D eigenvalue weighted by Gasteiger charge is -2.21. The molecule has 3 nitrogen and oxygen atoms in total. The van der Waals surface area contributed by atoms with Crippen LogP contribution in [0.4, 0.5) is 0 Å². The first-order valence-electron chi connectivity index (χ1n) is 3.96. The molecule has 1 unspecified atom stereocenters. The maximum atomic E-state index is 11.3. The van der Waals surface area contributed by atoms with Crippen molar-refractivity contribution >= 4 is 17.7 Å². The SMILES string of the molecule is CSCC(C)NC(=O)C(C)(C)N. The maximum Gasteiger partial charge on any atom is 0.239 e. The van der Waals surface area contributed by atoms with Gasteiger partial charge in [-0.05, 0) is 27.0 Å². The van der Waals surface area contributed by atoms with Crippen LogP contribution in [0.1, 0.15) is 20.8 Å². The Bertz CT molecular complexity index is 154. The van der Waals surface area contributed by atoms with E-state index in [1.54, 1.807) is 25.6 Å². The molecule has 0 aromatic rings. The number of amides is 1. The van der Waals surface area contributed by atoms with Crippen molar-refractivity contribution < 1.29 is 4.79 Å². The van der Waals surface area contributed by atoms with Crippen molar-refractivity contribution in [3.8, 4) is 0 Å². The van der Waals surface area contributed by atoms with Gasteiger partial charge in [-0.25, -0.2) is 0 Å². The van der Waals surface area contributed by atoms with Gasteiger partial charge in [0.1, 0.15) is 0 Å². The minimum Gasteiger partial charge on any atom is -0.351 e. The average Bonchev–Trinajstić information content (AvgIpc) is 1.85. The molecule has 0 aromatic carbocycles. The van der Waals surface area contributed by atoms with E-state index in [0.29, 0.717) is 0 Å². The van der Waals surface area contributed by atoms with Gasteiger partial charge in [0.25, 0.3) is 0 Å². The first kappa shape index (κ1) is 11.8. The first-order valence-corrected chi connectivity index (χ1v) is 5.36. The van der Waals surface area contributed by atoms with E-state index >= 15 is 0 Å². The van der Waals surface area contributed by atoms with Gasteiger partial charge < -0.3 is 11.1 Å². The molecule has 0 saturated carbocycles. The third kappa shape index (κ3) is 4.62. The summed E-state index contributed by atoms with van der Waals surface area (Å²) in [5.74, 6) is 0.825. The van der Waals surface area contributed by atoms with Crippen LogP contribution in [-0.2, 0) is 4.79 Å². The second-order valence-electron chi connectivity index (χ2n) is 3.55. The van der Waals surface area contributed by atoms with E-state index in [9.17, 15) is 4.79 Å². The van der Waals surface area contributed by atoms with Crippen molar-refractivity contribution in [3.63, 3.8) is 0 Å². The summed E-state index contributed by atoms with van der Waals surface area (Å²) in [6.45, 7) is 5.38. The highest BCUT2D eigenvalue weighted by Crippen LogP contribution is 2.00. The molecule has 12 heavy (non-hydrogen) atoms. The fraction of sp³-hybridized carbons (Fsp3) is 0.875. The van der Waals surface area contributed by atoms with Gasteiger partial charge in [0.15, 0.2) is 0 Å². The Hall–Kier alpha value is -0.220. The molecule has 0 rings (SSSR count). The molecule has 72 valence electrons. The van der Waals surface area contributed by atoms with Crippen LogP contribution in [0.2, 0.25) is 0 Å². The van der Waals surface area contributed by atoms with Crippen LogP contribution in [0.3, 0.4) is 0 Å². The predicted octanol–water partition coefficient (Wildman–Crippen LogP) is 0.591. The van der Waals surface area contributed by atoms with Crippen LogP contribution in [0.15, 0.2) is 0 Å².